The maximum Gasteiger partial charge on any atom is 0.279 e. The van der Waals surface area contributed by atoms with Crippen LogP contribution < -0.4 is 15.6 Å². The van der Waals surface area contributed by atoms with Gasteiger partial charge in [0, 0.05) is 5.56 Å². The summed E-state index contributed by atoms with van der Waals surface area (Å²) in [6, 6.07) is 9.10. The fourth-order valence-electron chi connectivity index (χ4n) is 3.37. The van der Waals surface area contributed by atoms with E-state index in [0.717, 1.165) is 0 Å². The number of aryl methyl sites for hydroxylation is 3. The summed E-state index contributed by atoms with van der Waals surface area (Å²) in [6.45, 7) is 6.71. The number of para-hydroxylation sites is 1. The number of carbonyl (C=O) groups is 2. The van der Waals surface area contributed by atoms with Crippen molar-refractivity contribution in [3.05, 3.63) is 65.0 Å². The van der Waals surface area contributed by atoms with Gasteiger partial charge in [0.05, 0.1) is 22.3 Å². The second-order valence-electron chi connectivity index (χ2n) is 7.46. The molecule has 3 heterocycles. The van der Waals surface area contributed by atoms with E-state index in [1.165, 1.54) is 25.1 Å². The number of nitrogens with zero attached hydrogens (tertiary/aromatic N) is 2. The summed E-state index contributed by atoms with van der Waals surface area (Å²) in [5.41, 5.74) is 6.66. The van der Waals surface area contributed by atoms with Crippen LogP contribution in [0.5, 0.6) is 5.75 Å². The van der Waals surface area contributed by atoms with Crippen LogP contribution in [0.1, 0.15) is 34.5 Å². The van der Waals surface area contributed by atoms with E-state index in [0.29, 0.717) is 33.9 Å². The Labute approximate surface area is 187 Å². The standard InChI is InChI=1S/C23H21FN4O5/c1-11-9-15(13(3)31-11)18-10-16(20-12(2)28-33-23(20)25-18)22(30)27-26-21(29)14(4)32-19-8-6-5-7-17(19)24/h5-10,14H,1-4H3,(H,26,29)(H,27,30). The summed E-state index contributed by atoms with van der Waals surface area (Å²) >= 11 is 0. The first kappa shape index (κ1) is 22.0. The highest BCUT2D eigenvalue weighted by Crippen LogP contribution is 2.30. The van der Waals surface area contributed by atoms with Crippen LogP contribution in [0, 0.1) is 26.6 Å². The quantitative estimate of drug-likeness (QED) is 0.442. The van der Waals surface area contributed by atoms with Crippen LogP contribution >= 0.6 is 0 Å². The fourth-order valence-corrected chi connectivity index (χ4v) is 3.37. The molecule has 1 unspecified atom stereocenters. The third-order valence-electron chi connectivity index (χ3n) is 4.99. The van der Waals surface area contributed by atoms with Crippen LogP contribution in [0.25, 0.3) is 22.4 Å². The molecule has 4 rings (SSSR count). The van der Waals surface area contributed by atoms with Gasteiger partial charge in [-0.3, -0.25) is 20.4 Å². The Morgan fingerprint density at radius 3 is 2.58 bits per heavy atom. The number of halogens is 1. The lowest BCUT2D eigenvalue weighted by atomic mass is 10.1. The monoisotopic (exact) mass is 452 g/mol. The molecule has 3 aromatic heterocycles. The van der Waals surface area contributed by atoms with Gasteiger partial charge in [0.25, 0.3) is 17.5 Å². The Bertz CT molecular complexity index is 1360. The van der Waals surface area contributed by atoms with Crippen molar-refractivity contribution in [2.24, 2.45) is 0 Å². The molecule has 0 bridgehead atoms. The number of benzene rings is 1. The molecule has 0 saturated carbocycles. The molecule has 10 heteroatoms. The van der Waals surface area contributed by atoms with Crippen LogP contribution in [0.15, 0.2) is 45.3 Å². The number of aromatic nitrogens is 2. The molecule has 33 heavy (non-hydrogen) atoms. The molecule has 0 spiro atoms. The molecule has 2 N–H and O–H groups in total. The van der Waals surface area contributed by atoms with Gasteiger partial charge in [-0.05, 0) is 52.0 Å². The van der Waals surface area contributed by atoms with E-state index in [4.69, 9.17) is 13.7 Å². The van der Waals surface area contributed by atoms with E-state index in [-0.39, 0.29) is 17.0 Å². The highest BCUT2D eigenvalue weighted by Gasteiger charge is 2.22. The maximum atomic E-state index is 13.8. The number of furan rings is 1. The number of hydrogen-bond acceptors (Lipinski definition) is 7. The molecule has 0 fully saturated rings. The van der Waals surface area contributed by atoms with Crippen LogP contribution in [0.3, 0.4) is 0 Å². The molecule has 1 aromatic carbocycles. The third-order valence-corrected chi connectivity index (χ3v) is 4.99. The van der Waals surface area contributed by atoms with Crippen molar-refractivity contribution in [2.75, 3.05) is 0 Å². The number of nitrogens with one attached hydrogen (secondary N) is 2. The molecule has 0 aliphatic rings. The van der Waals surface area contributed by atoms with E-state index in [1.54, 1.807) is 39.0 Å². The van der Waals surface area contributed by atoms with Gasteiger partial charge in [-0.1, -0.05) is 17.3 Å². The first-order chi connectivity index (χ1) is 15.7. The molecule has 0 saturated heterocycles. The van der Waals surface area contributed by atoms with Crippen LogP contribution in [-0.4, -0.2) is 28.1 Å². The van der Waals surface area contributed by atoms with E-state index in [9.17, 15) is 14.0 Å². The Balaban J connectivity index is 1.55. The average molecular weight is 452 g/mol. The van der Waals surface area contributed by atoms with E-state index in [1.807, 2.05) is 0 Å². The second-order valence-corrected chi connectivity index (χ2v) is 7.46. The third kappa shape index (κ3) is 4.40. The van der Waals surface area contributed by atoms with E-state index in [2.05, 4.69) is 21.0 Å². The van der Waals surface area contributed by atoms with Gasteiger partial charge < -0.3 is 13.7 Å². The summed E-state index contributed by atoms with van der Waals surface area (Å²) in [6.07, 6.45) is -1.07. The lowest BCUT2D eigenvalue weighted by Crippen LogP contribution is -2.47. The van der Waals surface area contributed by atoms with Crippen molar-refractivity contribution >= 4 is 22.9 Å². The molecular weight excluding hydrogens is 431 g/mol. The number of amides is 2. The minimum atomic E-state index is -1.07. The first-order valence-corrected chi connectivity index (χ1v) is 10.1. The largest absolute Gasteiger partial charge is 0.478 e. The van der Waals surface area contributed by atoms with E-state index < -0.39 is 23.7 Å². The van der Waals surface area contributed by atoms with E-state index >= 15 is 0 Å². The minimum Gasteiger partial charge on any atom is -0.478 e. The number of fused-ring (bicyclic) bond motifs is 1. The van der Waals surface area contributed by atoms with Gasteiger partial charge >= 0.3 is 0 Å². The molecule has 0 radical (unpaired) electrons. The number of hydrazine groups is 1. The van der Waals surface area contributed by atoms with Crippen molar-refractivity contribution < 1.29 is 27.7 Å². The molecular formula is C23H21FN4O5. The van der Waals surface area contributed by atoms with Gasteiger partial charge in [0.2, 0.25) is 0 Å². The Morgan fingerprint density at radius 1 is 1.12 bits per heavy atom. The van der Waals surface area contributed by atoms with Crippen LogP contribution in [0.2, 0.25) is 0 Å². The second kappa shape index (κ2) is 8.73. The fraction of sp³-hybridized carbons (Fsp3) is 0.217. The van der Waals surface area contributed by atoms with Crippen molar-refractivity contribution in [2.45, 2.75) is 33.8 Å². The normalized spacial score (nSPS) is 11.9. The van der Waals surface area contributed by atoms with Crippen molar-refractivity contribution in [1.29, 1.82) is 0 Å². The first-order valence-electron chi connectivity index (χ1n) is 10.1. The van der Waals surface area contributed by atoms with Gasteiger partial charge in [-0.15, -0.1) is 0 Å². The molecule has 1 atom stereocenters. The summed E-state index contributed by atoms with van der Waals surface area (Å²) in [4.78, 5) is 29.8. The predicted octanol–water partition coefficient (Wildman–Crippen LogP) is 3.78. The number of hydrogen-bond donors (Lipinski definition) is 2. The SMILES string of the molecule is Cc1cc(-c2cc(C(=O)NNC(=O)C(C)Oc3ccccc3F)c3c(C)noc3n2)c(C)o1. The van der Waals surface area contributed by atoms with Crippen LogP contribution in [0.4, 0.5) is 4.39 Å². The number of ether oxygens (including phenoxy) is 1. The molecule has 170 valence electrons. The Morgan fingerprint density at radius 2 is 1.88 bits per heavy atom. The zero-order valence-corrected chi connectivity index (χ0v) is 18.4. The summed E-state index contributed by atoms with van der Waals surface area (Å²) in [5, 5.41) is 4.31. The molecule has 2 amide bonds. The highest BCUT2D eigenvalue weighted by atomic mass is 19.1. The average Bonchev–Trinajstić information content (AvgIpc) is 3.33. The zero-order valence-electron chi connectivity index (χ0n) is 18.4. The lowest BCUT2D eigenvalue weighted by molar-refractivity contribution is -0.128. The van der Waals surface area contributed by atoms with Crippen molar-refractivity contribution in [1.82, 2.24) is 21.0 Å². The lowest BCUT2D eigenvalue weighted by Gasteiger charge is -2.15. The van der Waals surface area contributed by atoms with Gasteiger partial charge in [0.15, 0.2) is 17.7 Å². The molecule has 0 aliphatic carbocycles. The number of rotatable bonds is 5. The predicted molar refractivity (Wildman–Crippen MR) is 116 cm³/mol. The van der Waals surface area contributed by atoms with Crippen molar-refractivity contribution in [3.8, 4) is 17.0 Å². The van der Waals surface area contributed by atoms with Crippen LogP contribution in [-0.2, 0) is 4.79 Å². The summed E-state index contributed by atoms with van der Waals surface area (Å²) in [7, 11) is 0. The smallest absolute Gasteiger partial charge is 0.279 e. The molecule has 4 aromatic rings. The summed E-state index contributed by atoms with van der Waals surface area (Å²) in [5.74, 6) is -0.618. The van der Waals surface area contributed by atoms with Crippen molar-refractivity contribution in [3.63, 3.8) is 0 Å². The molecule has 0 aliphatic heterocycles. The maximum absolute atomic E-state index is 13.8. The number of carbonyl (C=O) groups excluding carboxylic acids is 2. The van der Waals surface area contributed by atoms with Gasteiger partial charge in [-0.25, -0.2) is 9.37 Å². The Kier molecular flexibility index (Phi) is 5.82. The molecule has 9 nitrogen and oxygen atoms in total. The van der Waals surface area contributed by atoms with Gasteiger partial charge in [-0.2, -0.15) is 0 Å². The van der Waals surface area contributed by atoms with Gasteiger partial charge in [0.1, 0.15) is 11.5 Å². The highest BCUT2D eigenvalue weighted by molar-refractivity contribution is 6.07. The topological polar surface area (TPSA) is 119 Å². The Hall–Kier alpha value is -4.21. The number of pyridine rings is 1. The zero-order chi connectivity index (χ0) is 23.7. The minimum absolute atomic E-state index is 0.0715. The summed E-state index contributed by atoms with van der Waals surface area (Å²) < 4.78 is 29.9.